The summed E-state index contributed by atoms with van der Waals surface area (Å²) < 4.78 is 5.63. The first-order valence-electron chi connectivity index (χ1n) is 11.1. The van der Waals surface area contributed by atoms with E-state index in [4.69, 9.17) is 32.2 Å². The van der Waals surface area contributed by atoms with Crippen molar-refractivity contribution in [1.29, 1.82) is 0 Å². The summed E-state index contributed by atoms with van der Waals surface area (Å²) >= 11 is 6.21. The van der Waals surface area contributed by atoms with Crippen molar-refractivity contribution in [3.8, 4) is 11.1 Å². The first-order valence-corrected chi connectivity index (χ1v) is 11.5. The molecule has 1 aromatic heterocycles. The van der Waals surface area contributed by atoms with Crippen molar-refractivity contribution >= 4 is 48.4 Å². The molecule has 0 aliphatic heterocycles. The fourth-order valence-corrected chi connectivity index (χ4v) is 4.11. The highest BCUT2D eigenvalue weighted by Gasteiger charge is 2.25. The highest BCUT2D eigenvalue weighted by molar-refractivity contribution is 6.31. The van der Waals surface area contributed by atoms with Gasteiger partial charge in [0.05, 0.1) is 16.8 Å². The normalized spacial score (nSPS) is 10.4. The number of aryl methyl sites for hydroxylation is 2. The van der Waals surface area contributed by atoms with E-state index in [0.717, 1.165) is 34.4 Å². The van der Waals surface area contributed by atoms with Gasteiger partial charge in [-0.15, -0.1) is 24.8 Å². The molecule has 0 saturated carbocycles. The topological polar surface area (TPSA) is 103 Å². The van der Waals surface area contributed by atoms with Gasteiger partial charge in [0.2, 0.25) is 0 Å². The molecule has 0 aliphatic rings. The van der Waals surface area contributed by atoms with E-state index in [2.05, 4.69) is 13.8 Å². The molecule has 0 unspecified atom stereocenters. The van der Waals surface area contributed by atoms with Crippen LogP contribution in [0.15, 0.2) is 42.5 Å². The number of nitrogens with zero attached hydrogens (tertiary/aromatic N) is 1. The molecule has 3 N–H and O–H groups in total. The predicted molar refractivity (Wildman–Crippen MR) is 148 cm³/mol. The van der Waals surface area contributed by atoms with Crippen molar-refractivity contribution in [2.45, 2.75) is 47.3 Å². The van der Waals surface area contributed by atoms with E-state index in [-0.39, 0.29) is 48.6 Å². The Hall–Kier alpha value is -2.64. The van der Waals surface area contributed by atoms with E-state index in [1.807, 2.05) is 31.2 Å². The number of aromatic carboxylic acids is 1. The summed E-state index contributed by atoms with van der Waals surface area (Å²) in [5.41, 5.74) is 12.1. The number of hydrogen-bond donors (Lipinski definition) is 2. The van der Waals surface area contributed by atoms with Crippen LogP contribution in [0.2, 0.25) is 5.02 Å². The first-order chi connectivity index (χ1) is 16.1. The first kappa shape index (κ1) is 31.4. The molecule has 0 spiro atoms. The summed E-state index contributed by atoms with van der Waals surface area (Å²) in [5, 5.41) is 9.34. The fourth-order valence-electron chi connectivity index (χ4n) is 3.88. The molecule has 0 saturated heterocycles. The maximum atomic E-state index is 13.3. The van der Waals surface area contributed by atoms with E-state index >= 15 is 0 Å². The molecule has 0 bridgehead atoms. The molecule has 0 aliphatic carbocycles. The number of ether oxygens (including phenoxy) is 1. The van der Waals surface area contributed by atoms with Crippen molar-refractivity contribution < 1.29 is 19.4 Å². The van der Waals surface area contributed by atoms with Gasteiger partial charge in [-0.2, -0.15) is 0 Å². The van der Waals surface area contributed by atoms with E-state index in [1.54, 1.807) is 13.0 Å². The number of rotatable bonds is 8. The Labute approximate surface area is 229 Å². The lowest BCUT2D eigenvalue weighted by atomic mass is 9.90. The Balaban J connectivity index is 0.00000324. The number of hydrogen-bond acceptors (Lipinski definition) is 5. The van der Waals surface area contributed by atoms with E-state index in [1.165, 1.54) is 12.1 Å². The van der Waals surface area contributed by atoms with E-state index in [9.17, 15) is 9.59 Å². The Kier molecular flexibility index (Phi) is 11.9. The van der Waals surface area contributed by atoms with Crippen molar-refractivity contribution in [3.63, 3.8) is 0 Å². The Morgan fingerprint density at radius 2 is 1.72 bits per heavy atom. The monoisotopic (exact) mass is 552 g/mol. The van der Waals surface area contributed by atoms with Crippen molar-refractivity contribution in [1.82, 2.24) is 4.98 Å². The van der Waals surface area contributed by atoms with Gasteiger partial charge in [-0.1, -0.05) is 61.3 Å². The second-order valence-electron chi connectivity index (χ2n) is 8.73. The van der Waals surface area contributed by atoms with Gasteiger partial charge in [0.15, 0.2) is 0 Å². The molecule has 3 aromatic rings. The summed E-state index contributed by atoms with van der Waals surface area (Å²) in [6.07, 6.45) is 0.743. The fraction of sp³-hybridized carbons (Fsp3) is 0.296. The minimum absolute atomic E-state index is 0. The van der Waals surface area contributed by atoms with Crippen LogP contribution in [-0.4, -0.2) is 22.0 Å². The molecular formula is C27H31Cl3N2O4. The summed E-state index contributed by atoms with van der Waals surface area (Å²) in [6, 6.07) is 12.2. The molecule has 0 fully saturated rings. The van der Waals surface area contributed by atoms with Gasteiger partial charge in [-0.05, 0) is 49.4 Å². The van der Waals surface area contributed by atoms with Crippen LogP contribution in [0.4, 0.5) is 0 Å². The zero-order chi connectivity index (χ0) is 25.0. The minimum atomic E-state index is -1.08. The van der Waals surface area contributed by atoms with Crippen LogP contribution in [0.3, 0.4) is 0 Å². The van der Waals surface area contributed by atoms with Crippen molar-refractivity contribution in [3.05, 3.63) is 86.7 Å². The molecule has 36 heavy (non-hydrogen) atoms. The number of pyridine rings is 1. The van der Waals surface area contributed by atoms with Gasteiger partial charge in [-0.3, -0.25) is 4.98 Å². The van der Waals surface area contributed by atoms with Gasteiger partial charge in [0.25, 0.3) is 0 Å². The molecule has 194 valence electrons. The second kappa shape index (κ2) is 13.6. The van der Waals surface area contributed by atoms with Crippen LogP contribution in [0.5, 0.6) is 0 Å². The molecule has 2 aromatic carbocycles. The van der Waals surface area contributed by atoms with Gasteiger partial charge in [0.1, 0.15) is 6.61 Å². The average Bonchev–Trinajstić information content (AvgIpc) is 2.77. The highest BCUT2D eigenvalue weighted by atomic mass is 35.5. The third-order valence-corrected chi connectivity index (χ3v) is 5.93. The van der Waals surface area contributed by atoms with Crippen LogP contribution in [0.1, 0.15) is 62.6 Å². The number of esters is 1. The summed E-state index contributed by atoms with van der Waals surface area (Å²) in [7, 11) is 0. The zero-order valence-electron chi connectivity index (χ0n) is 20.6. The SMILES string of the molecule is Cc1ccc(-c2c(CN)c(CC(C)C)nc(C)c2C(=O)OCc2ccc(C(=O)O)cc2Cl)cc1.Cl.Cl. The van der Waals surface area contributed by atoms with Crippen LogP contribution in [0, 0.1) is 19.8 Å². The molecular weight excluding hydrogens is 523 g/mol. The Morgan fingerprint density at radius 3 is 2.25 bits per heavy atom. The smallest absolute Gasteiger partial charge is 0.340 e. The molecule has 6 nitrogen and oxygen atoms in total. The van der Waals surface area contributed by atoms with Gasteiger partial charge in [-0.25, -0.2) is 9.59 Å². The lowest BCUT2D eigenvalue weighted by Gasteiger charge is -2.20. The van der Waals surface area contributed by atoms with Crippen LogP contribution < -0.4 is 5.73 Å². The van der Waals surface area contributed by atoms with Gasteiger partial charge >= 0.3 is 11.9 Å². The molecule has 9 heteroatoms. The summed E-state index contributed by atoms with van der Waals surface area (Å²) in [6.45, 7) is 8.17. The quantitative estimate of drug-likeness (QED) is 0.306. The van der Waals surface area contributed by atoms with Crippen molar-refractivity contribution in [2.75, 3.05) is 0 Å². The lowest BCUT2D eigenvalue weighted by Crippen LogP contribution is -2.17. The number of carboxylic acids is 1. The minimum Gasteiger partial charge on any atom is -0.478 e. The number of nitrogens with two attached hydrogens (primary N) is 1. The molecule has 1 heterocycles. The highest BCUT2D eigenvalue weighted by Crippen LogP contribution is 2.33. The average molecular weight is 554 g/mol. The van der Waals surface area contributed by atoms with Crippen molar-refractivity contribution in [2.24, 2.45) is 11.7 Å². The Morgan fingerprint density at radius 1 is 1.08 bits per heavy atom. The molecule has 0 amide bonds. The molecule has 0 radical (unpaired) electrons. The molecule has 0 atom stereocenters. The zero-order valence-corrected chi connectivity index (χ0v) is 23.0. The van der Waals surface area contributed by atoms with Crippen LogP contribution in [0.25, 0.3) is 11.1 Å². The van der Waals surface area contributed by atoms with Gasteiger partial charge in [0, 0.05) is 28.4 Å². The van der Waals surface area contributed by atoms with Crippen LogP contribution in [-0.2, 0) is 24.3 Å². The number of carboxylic acid groups (broad SMARTS) is 1. The number of aromatic nitrogens is 1. The Bertz CT molecular complexity index is 1230. The predicted octanol–water partition coefficient (Wildman–Crippen LogP) is 6.57. The second-order valence-corrected chi connectivity index (χ2v) is 9.14. The lowest BCUT2D eigenvalue weighted by molar-refractivity contribution is 0.0471. The third-order valence-electron chi connectivity index (χ3n) is 5.57. The summed E-state index contributed by atoms with van der Waals surface area (Å²) in [4.78, 5) is 29.2. The number of carbonyl (C=O) groups excluding carboxylic acids is 1. The van der Waals surface area contributed by atoms with E-state index < -0.39 is 11.9 Å². The number of benzene rings is 2. The van der Waals surface area contributed by atoms with Gasteiger partial charge < -0.3 is 15.6 Å². The number of halogens is 3. The molecule has 3 rings (SSSR count). The van der Waals surface area contributed by atoms with E-state index in [0.29, 0.717) is 22.7 Å². The maximum absolute atomic E-state index is 13.3. The maximum Gasteiger partial charge on any atom is 0.340 e. The number of carbonyl (C=O) groups is 2. The van der Waals surface area contributed by atoms with Crippen LogP contribution >= 0.6 is 36.4 Å². The largest absolute Gasteiger partial charge is 0.478 e. The standard InChI is InChI=1S/C27H29ClN2O4.2ClH/c1-15(2)11-23-21(13-29)25(18-7-5-16(3)6-8-18)24(17(4)30-23)27(33)34-14-20-10-9-19(26(31)32)12-22(20)28;;/h5-10,12,15H,11,13-14,29H2,1-4H3,(H,31,32);2*1H. The summed E-state index contributed by atoms with van der Waals surface area (Å²) in [5.74, 6) is -1.24. The third kappa shape index (κ3) is 7.20.